The van der Waals surface area contributed by atoms with E-state index in [-0.39, 0.29) is 7.43 Å². The fraction of sp³-hybridized carbons (Fsp3) is 0.354. The van der Waals surface area contributed by atoms with Crippen molar-refractivity contribution in [1.82, 2.24) is 0 Å². The van der Waals surface area contributed by atoms with E-state index >= 15 is 0 Å². The lowest BCUT2D eigenvalue weighted by Crippen LogP contribution is -1.91. The molecule has 348 valence electrons. The highest BCUT2D eigenvalue weighted by molar-refractivity contribution is 6.21. The van der Waals surface area contributed by atoms with Gasteiger partial charge in [0.2, 0.25) is 0 Å². The van der Waals surface area contributed by atoms with Crippen LogP contribution in [0.25, 0.3) is 60.1 Å². The molecular weight excluding hydrogens is 781 g/mol. The molecule has 0 saturated heterocycles. The maximum atomic E-state index is 5.19. The second-order valence-electron chi connectivity index (χ2n) is 15.1. The van der Waals surface area contributed by atoms with Gasteiger partial charge in [0.05, 0.1) is 0 Å². The predicted molar refractivity (Wildman–Crippen MR) is 303 cm³/mol. The highest BCUT2D eigenvalue weighted by Gasteiger charge is 2.23. The zero-order valence-corrected chi connectivity index (χ0v) is 43.0. The van der Waals surface area contributed by atoms with Crippen LogP contribution in [0, 0.1) is 26.2 Å². The van der Waals surface area contributed by atoms with Gasteiger partial charge in [0.1, 0.15) is 0 Å². The predicted octanol–water partition coefficient (Wildman–Crippen LogP) is 21.6. The molecule has 1 fully saturated rings. The van der Waals surface area contributed by atoms with Gasteiger partial charge in [-0.1, -0.05) is 255 Å². The summed E-state index contributed by atoms with van der Waals surface area (Å²) in [7, 11) is 0. The number of fused-ring (bicyclic) bond motifs is 3. The third-order valence-electron chi connectivity index (χ3n) is 10.5. The first-order valence-electron chi connectivity index (χ1n) is 24.7. The molecule has 0 radical (unpaired) electrons. The van der Waals surface area contributed by atoms with Crippen LogP contribution >= 0.6 is 0 Å². The summed E-state index contributed by atoms with van der Waals surface area (Å²) in [4.78, 5) is 0. The summed E-state index contributed by atoms with van der Waals surface area (Å²) in [6, 6.07) is 49.1. The van der Waals surface area contributed by atoms with Crippen molar-refractivity contribution in [3.05, 3.63) is 173 Å². The van der Waals surface area contributed by atoms with Crippen LogP contribution in [-0.2, 0) is 0 Å². The lowest BCUT2D eigenvalue weighted by molar-refractivity contribution is 0.886. The molecule has 0 aliphatic heterocycles. The van der Waals surface area contributed by atoms with Gasteiger partial charge >= 0.3 is 0 Å². The normalized spacial score (nSPS) is 11.1. The third-order valence-corrected chi connectivity index (χ3v) is 10.5. The van der Waals surface area contributed by atoms with E-state index in [9.17, 15) is 0 Å². The Bertz CT molecular complexity index is 2430. The average molecular weight is 869 g/mol. The first kappa shape index (κ1) is 59.4. The van der Waals surface area contributed by atoms with Gasteiger partial charge in [-0.25, -0.2) is 0 Å². The molecule has 0 atom stereocenters. The van der Waals surface area contributed by atoms with Crippen LogP contribution < -0.4 is 0 Å². The van der Waals surface area contributed by atoms with Gasteiger partial charge in [-0.15, -0.1) is 6.42 Å². The average Bonchev–Trinajstić information content (AvgIpc) is 4.21. The Balaban J connectivity index is 0.00000111. The molecule has 0 amide bonds. The molecule has 1 aliphatic rings. The Labute approximate surface area is 400 Å². The summed E-state index contributed by atoms with van der Waals surface area (Å²) < 4.78 is 0. The van der Waals surface area contributed by atoms with Crippen molar-refractivity contribution in [2.45, 2.75) is 156 Å². The Morgan fingerprint density at radius 1 is 0.554 bits per heavy atom. The van der Waals surface area contributed by atoms with Crippen molar-refractivity contribution in [2.75, 3.05) is 0 Å². The fourth-order valence-electron chi connectivity index (χ4n) is 7.15. The Kier molecular flexibility index (Phi) is 30.9. The number of hydrogen-bond donors (Lipinski definition) is 0. The third kappa shape index (κ3) is 17.4. The minimum Gasteiger partial charge on any atom is -0.115 e. The zero-order valence-electron chi connectivity index (χ0n) is 43.0. The molecule has 0 aromatic heterocycles. The summed E-state index contributed by atoms with van der Waals surface area (Å²) in [5.74, 6) is 3.29. The van der Waals surface area contributed by atoms with Gasteiger partial charge in [-0.3, -0.25) is 0 Å². The van der Waals surface area contributed by atoms with Crippen LogP contribution in [0.2, 0.25) is 0 Å². The Morgan fingerprint density at radius 3 is 1.45 bits per heavy atom. The molecule has 1 aliphatic carbocycles. The maximum absolute atomic E-state index is 5.19. The first-order chi connectivity index (χ1) is 31.3. The molecule has 65 heavy (non-hydrogen) atoms. The van der Waals surface area contributed by atoms with Crippen LogP contribution in [-0.4, -0.2) is 0 Å². The lowest BCUT2D eigenvalue weighted by atomic mass is 9.85. The first-order valence-corrected chi connectivity index (χ1v) is 24.7. The van der Waals surface area contributed by atoms with Crippen molar-refractivity contribution < 1.29 is 0 Å². The summed E-state index contributed by atoms with van der Waals surface area (Å²) in [6.07, 6.45) is 15.5. The molecule has 8 rings (SSSR count). The lowest BCUT2D eigenvalue weighted by Gasteiger charge is -2.18. The number of allylic oxidation sites excluding steroid dienone is 4. The smallest absolute Gasteiger partial charge is 0.00262 e. The van der Waals surface area contributed by atoms with Gasteiger partial charge in [-0.05, 0) is 141 Å². The van der Waals surface area contributed by atoms with Crippen molar-refractivity contribution in [3.8, 4) is 34.6 Å². The van der Waals surface area contributed by atoms with E-state index in [4.69, 9.17) is 6.42 Å². The van der Waals surface area contributed by atoms with Crippen molar-refractivity contribution >= 4 is 37.9 Å². The number of aryl methyl sites for hydroxylation is 2. The highest BCUT2D eigenvalue weighted by Crippen LogP contribution is 2.45. The van der Waals surface area contributed by atoms with Crippen molar-refractivity contribution in [2.24, 2.45) is 0 Å². The number of benzene rings is 7. The topological polar surface area (TPSA) is 0 Å². The SMILES string of the molecule is C.C#C/C=C\C(C)=C(/C)c1ccccc1C.CC.CC.CC.CC.CCC.CCCC.Cc1cccc(-c2c3ccccc3c(-c3ccc4cc(C5CC5)ccc4c3)c3ccccc23)c1. The fourth-order valence-corrected chi connectivity index (χ4v) is 7.15. The molecule has 0 heterocycles. The van der Waals surface area contributed by atoms with E-state index in [0.717, 1.165) is 5.92 Å². The molecular formula is C65H88. The van der Waals surface area contributed by atoms with Crippen molar-refractivity contribution in [3.63, 3.8) is 0 Å². The van der Waals surface area contributed by atoms with E-state index in [0.29, 0.717) is 0 Å². The van der Waals surface area contributed by atoms with Gasteiger partial charge < -0.3 is 0 Å². The van der Waals surface area contributed by atoms with E-state index in [1.54, 1.807) is 6.08 Å². The van der Waals surface area contributed by atoms with E-state index in [2.05, 4.69) is 195 Å². The number of terminal acetylenes is 1. The van der Waals surface area contributed by atoms with E-state index in [1.165, 1.54) is 120 Å². The molecule has 0 spiro atoms. The van der Waals surface area contributed by atoms with Gasteiger partial charge in [0.25, 0.3) is 0 Å². The molecule has 0 heteroatoms. The highest BCUT2D eigenvalue weighted by atomic mass is 14.3. The van der Waals surface area contributed by atoms with Gasteiger partial charge in [0.15, 0.2) is 0 Å². The Hall–Kier alpha value is -5.64. The largest absolute Gasteiger partial charge is 0.115 e. The molecule has 0 N–H and O–H groups in total. The molecule has 0 nitrogen and oxygen atoms in total. The molecule has 1 saturated carbocycles. The second-order valence-corrected chi connectivity index (χ2v) is 15.1. The quantitative estimate of drug-likeness (QED) is 0.0887. The Morgan fingerprint density at radius 2 is 1.00 bits per heavy atom. The summed E-state index contributed by atoms with van der Waals surface area (Å²) in [5, 5.41) is 7.91. The van der Waals surface area contributed by atoms with Crippen LogP contribution in [0.1, 0.15) is 165 Å². The molecule has 7 aromatic carbocycles. The second kappa shape index (κ2) is 33.8. The van der Waals surface area contributed by atoms with E-state index < -0.39 is 0 Å². The van der Waals surface area contributed by atoms with E-state index in [1.807, 2.05) is 61.5 Å². The summed E-state index contributed by atoms with van der Waals surface area (Å²) in [5.41, 5.74) is 13.1. The monoisotopic (exact) mass is 869 g/mol. The standard InChI is InChI=1S/C34H26.C15H16.C4H10.C3H8.4C2H6.CH4/c1-22-7-6-8-27(19-22)33-29-9-2-4-11-31(29)34(32-12-5-3-10-30(32)33)28-18-17-25-20-24(23-13-14-23)15-16-26(25)21-28;1-5-6-9-12(2)14(4)15-11-8-7-10-13(15)3;1-3-4-2;1-3-2;4*1-2;/h2-12,15-21,23H,13-14H2,1H3;1,6-11H,2-4H3;3-4H2,1-2H3;3H2,1-2H3;4*1-2H3;1H4/b;9-6-,14-12+;;;;;;;. The summed E-state index contributed by atoms with van der Waals surface area (Å²) >= 11 is 0. The maximum Gasteiger partial charge on any atom is -0.00262 e. The summed E-state index contributed by atoms with van der Waals surface area (Å²) in [6.45, 7) is 33.1. The van der Waals surface area contributed by atoms with Crippen LogP contribution in [0.5, 0.6) is 0 Å². The molecule has 0 bridgehead atoms. The zero-order chi connectivity index (χ0) is 48.0. The van der Waals surface area contributed by atoms with Crippen LogP contribution in [0.4, 0.5) is 0 Å². The molecule has 0 unspecified atom stereocenters. The number of rotatable bonds is 6. The van der Waals surface area contributed by atoms with Crippen LogP contribution in [0.15, 0.2) is 151 Å². The van der Waals surface area contributed by atoms with Crippen molar-refractivity contribution in [1.29, 1.82) is 0 Å². The number of unbranched alkanes of at least 4 members (excludes halogenated alkanes) is 1. The minimum absolute atomic E-state index is 0. The molecule has 7 aromatic rings. The van der Waals surface area contributed by atoms with Gasteiger partial charge in [0, 0.05) is 0 Å². The number of hydrogen-bond acceptors (Lipinski definition) is 0. The van der Waals surface area contributed by atoms with Crippen LogP contribution in [0.3, 0.4) is 0 Å². The van der Waals surface area contributed by atoms with Gasteiger partial charge in [-0.2, -0.15) is 0 Å². The minimum atomic E-state index is 0.